The first kappa shape index (κ1) is 33.0. The van der Waals surface area contributed by atoms with Crippen LogP contribution in [0.5, 0.6) is 0 Å². The molecule has 17 heteroatoms. The quantitative estimate of drug-likeness (QED) is 0.162. The van der Waals surface area contributed by atoms with Gasteiger partial charge in [-0.05, 0) is 42.0 Å². The third kappa shape index (κ3) is 6.78. The van der Waals surface area contributed by atoms with Crippen molar-refractivity contribution in [2.24, 2.45) is 5.92 Å². The van der Waals surface area contributed by atoms with Crippen LogP contribution in [0.25, 0.3) is 0 Å². The SMILES string of the molecule is O=C(Nc1cc(NC(=O)C(F)(F)C(F)F)c(F)cc1F)c1cc(NC(=O)C2[C@H](c3ccc(Cl)c(Cl)c3)C2(Cl)Cl)ccc1Cl. The van der Waals surface area contributed by atoms with Crippen molar-refractivity contribution in [2.75, 3.05) is 16.0 Å². The molecule has 0 bridgehead atoms. The number of carbonyl (C=O) groups is 3. The van der Waals surface area contributed by atoms with E-state index in [1.807, 2.05) is 5.32 Å². The molecule has 0 aromatic heterocycles. The largest absolute Gasteiger partial charge is 0.383 e. The number of nitrogens with one attached hydrogen (secondary N) is 3. The minimum Gasteiger partial charge on any atom is -0.326 e. The highest BCUT2D eigenvalue weighted by atomic mass is 35.5. The average molecular weight is 708 g/mol. The van der Waals surface area contributed by atoms with Crippen molar-refractivity contribution in [2.45, 2.75) is 22.6 Å². The Labute approximate surface area is 263 Å². The molecule has 1 fully saturated rings. The molecule has 2 atom stereocenters. The fourth-order valence-electron chi connectivity index (χ4n) is 4.01. The number of amides is 3. The van der Waals surface area contributed by atoms with E-state index in [4.69, 9.17) is 58.0 Å². The van der Waals surface area contributed by atoms with Gasteiger partial charge in [0.15, 0.2) is 0 Å². The van der Waals surface area contributed by atoms with E-state index in [2.05, 4.69) is 5.32 Å². The number of benzene rings is 3. The summed E-state index contributed by atoms with van der Waals surface area (Å²) in [5, 5.41) is 6.09. The first-order valence-electron chi connectivity index (χ1n) is 11.7. The zero-order valence-corrected chi connectivity index (χ0v) is 24.5. The maximum Gasteiger partial charge on any atom is 0.383 e. The summed E-state index contributed by atoms with van der Waals surface area (Å²) in [4.78, 5) is 37.4. The lowest BCUT2D eigenvalue weighted by Crippen LogP contribution is -2.41. The smallest absolute Gasteiger partial charge is 0.326 e. The van der Waals surface area contributed by atoms with Crippen molar-refractivity contribution in [3.05, 3.63) is 86.4 Å². The van der Waals surface area contributed by atoms with Gasteiger partial charge in [-0.1, -0.05) is 40.9 Å². The number of anilines is 3. The van der Waals surface area contributed by atoms with Gasteiger partial charge in [0, 0.05) is 17.7 Å². The summed E-state index contributed by atoms with van der Waals surface area (Å²) in [5.41, 5.74) is -1.71. The van der Waals surface area contributed by atoms with E-state index in [-0.39, 0.29) is 32.4 Å². The molecule has 0 radical (unpaired) electrons. The van der Waals surface area contributed by atoms with Crippen molar-refractivity contribution >= 4 is 92.8 Å². The molecule has 0 saturated heterocycles. The molecule has 228 valence electrons. The second-order valence-electron chi connectivity index (χ2n) is 9.13. The highest BCUT2D eigenvalue weighted by Gasteiger charge is 2.67. The topological polar surface area (TPSA) is 87.3 Å². The molecule has 1 aliphatic carbocycles. The van der Waals surface area contributed by atoms with Crippen LogP contribution in [-0.2, 0) is 9.59 Å². The highest BCUT2D eigenvalue weighted by molar-refractivity contribution is 6.53. The van der Waals surface area contributed by atoms with Gasteiger partial charge in [0.1, 0.15) is 16.0 Å². The van der Waals surface area contributed by atoms with Gasteiger partial charge in [0.25, 0.3) is 5.91 Å². The van der Waals surface area contributed by atoms with Crippen LogP contribution in [0, 0.1) is 17.6 Å². The molecule has 3 amide bonds. The van der Waals surface area contributed by atoms with Crippen LogP contribution >= 0.6 is 58.0 Å². The third-order valence-electron chi connectivity index (χ3n) is 6.25. The number of rotatable bonds is 8. The monoisotopic (exact) mass is 705 g/mol. The second kappa shape index (κ2) is 12.2. The number of hydrogen-bond donors (Lipinski definition) is 3. The Morgan fingerprint density at radius 2 is 1.40 bits per heavy atom. The molecule has 1 unspecified atom stereocenters. The number of carbonyl (C=O) groups excluding carboxylic acids is 3. The number of hydrogen-bond acceptors (Lipinski definition) is 3. The van der Waals surface area contributed by atoms with Crippen molar-refractivity contribution in [3.63, 3.8) is 0 Å². The molecule has 0 aliphatic heterocycles. The Hall–Kier alpha value is -2.90. The zero-order valence-electron chi connectivity index (χ0n) is 20.7. The molecule has 0 spiro atoms. The van der Waals surface area contributed by atoms with Crippen molar-refractivity contribution < 1.29 is 40.7 Å². The van der Waals surface area contributed by atoms with Gasteiger partial charge in [-0.3, -0.25) is 14.4 Å². The lowest BCUT2D eigenvalue weighted by Gasteiger charge is -2.16. The summed E-state index contributed by atoms with van der Waals surface area (Å²) in [6.45, 7) is 0. The summed E-state index contributed by atoms with van der Waals surface area (Å²) >= 11 is 30.8. The maximum absolute atomic E-state index is 14.4. The Morgan fingerprint density at radius 1 is 0.791 bits per heavy atom. The Kier molecular flexibility index (Phi) is 9.39. The molecule has 1 saturated carbocycles. The van der Waals surface area contributed by atoms with Gasteiger partial charge < -0.3 is 16.0 Å². The lowest BCUT2D eigenvalue weighted by atomic mass is 10.1. The Bertz CT molecular complexity index is 1640. The van der Waals surface area contributed by atoms with Gasteiger partial charge in [0.2, 0.25) is 5.91 Å². The molecule has 3 aromatic carbocycles. The number of alkyl halides is 6. The van der Waals surface area contributed by atoms with Gasteiger partial charge in [-0.25, -0.2) is 17.6 Å². The minimum atomic E-state index is -5.18. The van der Waals surface area contributed by atoms with Gasteiger partial charge in [0.05, 0.1) is 37.9 Å². The second-order valence-corrected chi connectivity index (χ2v) is 11.8. The molecule has 3 aromatic rings. The van der Waals surface area contributed by atoms with E-state index in [1.54, 1.807) is 6.07 Å². The van der Waals surface area contributed by atoms with Crippen LogP contribution < -0.4 is 16.0 Å². The molecule has 1 aliphatic rings. The summed E-state index contributed by atoms with van der Waals surface area (Å²) in [5.74, 6) is -14.1. The summed E-state index contributed by atoms with van der Waals surface area (Å²) < 4.78 is 78.4. The molecule has 4 rings (SSSR count). The van der Waals surface area contributed by atoms with E-state index >= 15 is 0 Å². The van der Waals surface area contributed by atoms with E-state index < -0.39 is 69.2 Å². The van der Waals surface area contributed by atoms with Crippen LogP contribution in [0.2, 0.25) is 15.1 Å². The summed E-state index contributed by atoms with van der Waals surface area (Å²) in [6.07, 6.45) is -4.41. The average Bonchev–Trinajstić information content (AvgIpc) is 3.50. The number of halogens is 11. The Balaban J connectivity index is 1.51. The van der Waals surface area contributed by atoms with E-state index in [0.717, 1.165) is 6.07 Å². The third-order valence-corrected chi connectivity index (χ3v) is 8.26. The highest BCUT2D eigenvalue weighted by Crippen LogP contribution is 2.65. The standard InChI is InChI=1S/C26H14Cl5F6N3O3/c27-12-4-2-10(38-22(42)20-19(25(20,30)31)9-1-3-13(28)14(29)5-9)6-11(12)21(41)39-17-8-18(16(33)7-15(17)32)40-24(43)26(36,37)23(34)35/h1-8,19-20,23H,(H,38,42)(H,39,41)(H,40,43)/t19-,20?/m0/s1. The van der Waals surface area contributed by atoms with E-state index in [0.29, 0.717) is 11.6 Å². The zero-order chi connectivity index (χ0) is 32.0. The van der Waals surface area contributed by atoms with Crippen LogP contribution in [0.1, 0.15) is 21.8 Å². The lowest BCUT2D eigenvalue weighted by molar-refractivity contribution is -0.163. The normalized spacial score (nSPS) is 17.4. The van der Waals surface area contributed by atoms with Crippen molar-refractivity contribution in [1.82, 2.24) is 0 Å². The van der Waals surface area contributed by atoms with Gasteiger partial charge in [-0.15, -0.1) is 23.2 Å². The van der Waals surface area contributed by atoms with Crippen molar-refractivity contribution in [1.29, 1.82) is 0 Å². The van der Waals surface area contributed by atoms with Crippen LogP contribution in [0.4, 0.5) is 43.4 Å². The van der Waals surface area contributed by atoms with Gasteiger partial charge >= 0.3 is 18.3 Å². The van der Waals surface area contributed by atoms with Crippen LogP contribution in [-0.4, -0.2) is 34.4 Å². The van der Waals surface area contributed by atoms with E-state index in [1.165, 1.54) is 29.6 Å². The fourth-order valence-corrected chi connectivity index (χ4v) is 5.34. The summed E-state index contributed by atoms with van der Waals surface area (Å²) in [7, 11) is 0. The molecular weight excluding hydrogens is 694 g/mol. The summed E-state index contributed by atoms with van der Waals surface area (Å²) in [6, 6.07) is 8.79. The molecule has 6 nitrogen and oxygen atoms in total. The first-order chi connectivity index (χ1) is 19.9. The maximum atomic E-state index is 14.4. The molecule has 0 heterocycles. The molecule has 3 N–H and O–H groups in total. The Morgan fingerprint density at radius 3 is 2.00 bits per heavy atom. The van der Waals surface area contributed by atoms with E-state index in [9.17, 15) is 40.7 Å². The molecular formula is C26H14Cl5F6N3O3. The predicted molar refractivity (Wildman–Crippen MR) is 151 cm³/mol. The molecule has 43 heavy (non-hydrogen) atoms. The van der Waals surface area contributed by atoms with Crippen molar-refractivity contribution in [3.8, 4) is 0 Å². The fraction of sp³-hybridized carbons (Fsp3) is 0.192. The predicted octanol–water partition coefficient (Wildman–Crippen LogP) is 8.54. The minimum absolute atomic E-state index is 0.0326. The first-order valence-corrected chi connectivity index (χ1v) is 13.5. The van der Waals surface area contributed by atoms with Crippen LogP contribution in [0.3, 0.4) is 0 Å². The van der Waals surface area contributed by atoms with Crippen LogP contribution in [0.15, 0.2) is 48.5 Å². The van der Waals surface area contributed by atoms with Gasteiger partial charge in [-0.2, -0.15) is 8.78 Å².